The summed E-state index contributed by atoms with van der Waals surface area (Å²) in [6.07, 6.45) is 0.515. The molecule has 0 radical (unpaired) electrons. The third-order valence-corrected chi connectivity index (χ3v) is 4.03. The van der Waals surface area contributed by atoms with E-state index in [4.69, 9.17) is 0 Å². The zero-order valence-corrected chi connectivity index (χ0v) is 9.59. The first-order chi connectivity index (χ1) is 6.99. The molecule has 0 atom stereocenters. The largest absolute Gasteiger partial charge is 0.270 e. The Bertz CT molecular complexity index is 431. The number of benzene rings is 1. The molecule has 0 saturated heterocycles. The fraction of sp³-hybridized carbons (Fsp3) is 0.400. The van der Waals surface area contributed by atoms with Crippen molar-refractivity contribution in [3.63, 3.8) is 0 Å². The molecule has 0 unspecified atom stereocenters. The molecule has 84 valence electrons. The first kappa shape index (κ1) is 12.0. The van der Waals surface area contributed by atoms with Crippen molar-refractivity contribution < 1.29 is 12.8 Å². The molecule has 0 aliphatic rings. The fourth-order valence-corrected chi connectivity index (χ4v) is 2.49. The Morgan fingerprint density at radius 1 is 1.33 bits per heavy atom. The maximum Gasteiger partial charge on any atom is 0.234 e. The lowest BCUT2D eigenvalue weighted by Crippen LogP contribution is -2.29. The van der Waals surface area contributed by atoms with Gasteiger partial charge >= 0.3 is 0 Å². The Labute approximate surface area is 89.6 Å². The third kappa shape index (κ3) is 2.68. The predicted molar refractivity (Wildman–Crippen MR) is 58.9 cm³/mol. The van der Waals surface area contributed by atoms with Gasteiger partial charge in [0, 0.05) is 7.05 Å². The zero-order chi connectivity index (χ0) is 11.5. The van der Waals surface area contributed by atoms with Gasteiger partial charge in [-0.2, -0.15) is 0 Å². The van der Waals surface area contributed by atoms with Crippen LogP contribution in [0.25, 0.3) is 0 Å². The third-order valence-electron chi connectivity index (χ3n) is 2.07. The van der Waals surface area contributed by atoms with E-state index in [0.29, 0.717) is 6.42 Å². The van der Waals surface area contributed by atoms with Crippen LogP contribution in [0.4, 0.5) is 10.1 Å². The number of hydrogen-bond donors (Lipinski definition) is 0. The molecule has 0 aromatic heterocycles. The number of anilines is 1. The quantitative estimate of drug-likeness (QED) is 0.794. The Kier molecular flexibility index (Phi) is 3.68. The second-order valence-corrected chi connectivity index (χ2v) is 5.35. The molecule has 3 nitrogen and oxygen atoms in total. The Hall–Kier alpha value is -1.10. The van der Waals surface area contributed by atoms with Crippen molar-refractivity contribution >= 4 is 15.7 Å². The molecule has 0 amide bonds. The van der Waals surface area contributed by atoms with E-state index in [-0.39, 0.29) is 11.4 Å². The van der Waals surface area contributed by atoms with Gasteiger partial charge in [-0.15, -0.1) is 0 Å². The summed E-state index contributed by atoms with van der Waals surface area (Å²) in [5.41, 5.74) is 0.0888. The summed E-state index contributed by atoms with van der Waals surface area (Å²) in [6.45, 7) is 1.77. The van der Waals surface area contributed by atoms with Crippen molar-refractivity contribution in [1.29, 1.82) is 0 Å². The standard InChI is InChI=1S/C10H14FNO2S/c1-3-8-15(13,14)12(2)10-7-5-4-6-9(10)11/h4-7H,3,8H2,1-2H3. The normalized spacial score (nSPS) is 11.4. The topological polar surface area (TPSA) is 37.4 Å². The second kappa shape index (κ2) is 4.61. The maximum absolute atomic E-state index is 13.3. The van der Waals surface area contributed by atoms with Crippen LogP contribution in [0.15, 0.2) is 24.3 Å². The van der Waals surface area contributed by atoms with Gasteiger partial charge in [0.15, 0.2) is 0 Å². The van der Waals surface area contributed by atoms with Crippen LogP contribution in [0.3, 0.4) is 0 Å². The van der Waals surface area contributed by atoms with E-state index in [9.17, 15) is 12.8 Å². The number of rotatable bonds is 4. The van der Waals surface area contributed by atoms with Crippen LogP contribution in [-0.2, 0) is 10.0 Å². The van der Waals surface area contributed by atoms with Crippen molar-refractivity contribution in [3.05, 3.63) is 30.1 Å². The van der Waals surface area contributed by atoms with Gasteiger partial charge in [-0.25, -0.2) is 12.8 Å². The van der Waals surface area contributed by atoms with E-state index in [1.165, 1.54) is 25.2 Å². The lowest BCUT2D eigenvalue weighted by Gasteiger charge is -2.19. The smallest absolute Gasteiger partial charge is 0.234 e. The van der Waals surface area contributed by atoms with E-state index in [2.05, 4.69) is 0 Å². The Morgan fingerprint density at radius 2 is 1.93 bits per heavy atom. The molecule has 0 spiro atoms. The first-order valence-electron chi connectivity index (χ1n) is 4.70. The molecule has 15 heavy (non-hydrogen) atoms. The molecule has 1 rings (SSSR count). The summed E-state index contributed by atoms with van der Waals surface area (Å²) >= 11 is 0. The van der Waals surface area contributed by atoms with E-state index >= 15 is 0 Å². The van der Waals surface area contributed by atoms with E-state index < -0.39 is 15.8 Å². The summed E-state index contributed by atoms with van der Waals surface area (Å²) in [5, 5.41) is 0. The molecule has 1 aromatic carbocycles. The van der Waals surface area contributed by atoms with Crippen molar-refractivity contribution in [2.24, 2.45) is 0 Å². The number of halogens is 1. The van der Waals surface area contributed by atoms with Crippen molar-refractivity contribution in [2.45, 2.75) is 13.3 Å². The van der Waals surface area contributed by atoms with Crippen LogP contribution in [0.5, 0.6) is 0 Å². The first-order valence-corrected chi connectivity index (χ1v) is 6.31. The maximum atomic E-state index is 13.3. The number of para-hydroxylation sites is 1. The molecular formula is C10H14FNO2S. The van der Waals surface area contributed by atoms with Crippen LogP contribution in [-0.4, -0.2) is 21.2 Å². The summed E-state index contributed by atoms with van der Waals surface area (Å²) in [6, 6.07) is 5.82. The van der Waals surface area contributed by atoms with E-state index in [1.54, 1.807) is 13.0 Å². The summed E-state index contributed by atoms with van der Waals surface area (Å²) in [7, 11) is -2.03. The Balaban J connectivity index is 3.05. The Morgan fingerprint density at radius 3 is 2.47 bits per heavy atom. The van der Waals surface area contributed by atoms with Crippen molar-refractivity contribution in [1.82, 2.24) is 0 Å². The average molecular weight is 231 g/mol. The molecular weight excluding hydrogens is 217 g/mol. The lowest BCUT2D eigenvalue weighted by atomic mass is 10.3. The molecule has 0 fully saturated rings. The number of hydrogen-bond acceptors (Lipinski definition) is 2. The van der Waals surface area contributed by atoms with Crippen molar-refractivity contribution in [3.8, 4) is 0 Å². The van der Waals surface area contributed by atoms with Gasteiger partial charge in [-0.3, -0.25) is 4.31 Å². The van der Waals surface area contributed by atoms with Crippen LogP contribution in [0, 0.1) is 5.82 Å². The summed E-state index contributed by atoms with van der Waals surface area (Å²) < 4.78 is 37.6. The van der Waals surface area contributed by atoms with Crippen molar-refractivity contribution in [2.75, 3.05) is 17.1 Å². The number of nitrogens with zero attached hydrogens (tertiary/aromatic N) is 1. The van der Waals surface area contributed by atoms with Gasteiger partial charge in [0.05, 0.1) is 11.4 Å². The minimum Gasteiger partial charge on any atom is -0.270 e. The highest BCUT2D eigenvalue weighted by Crippen LogP contribution is 2.20. The molecule has 1 aromatic rings. The van der Waals surface area contributed by atoms with Gasteiger partial charge in [0.2, 0.25) is 10.0 Å². The minimum atomic E-state index is -3.39. The SMILES string of the molecule is CCCS(=O)(=O)N(C)c1ccccc1F. The highest BCUT2D eigenvalue weighted by atomic mass is 32.2. The monoisotopic (exact) mass is 231 g/mol. The van der Waals surface area contributed by atoms with Crippen LogP contribution in [0.2, 0.25) is 0 Å². The van der Waals surface area contributed by atoms with Crippen LogP contribution in [0.1, 0.15) is 13.3 Å². The number of sulfonamides is 1. The molecule has 5 heteroatoms. The van der Waals surface area contributed by atoms with Gasteiger partial charge in [-0.05, 0) is 18.6 Å². The fourth-order valence-electron chi connectivity index (χ4n) is 1.25. The molecule has 0 bridgehead atoms. The van der Waals surface area contributed by atoms with Gasteiger partial charge < -0.3 is 0 Å². The van der Waals surface area contributed by atoms with E-state index in [1.807, 2.05) is 0 Å². The molecule has 0 N–H and O–H groups in total. The lowest BCUT2D eigenvalue weighted by molar-refractivity contribution is 0.588. The predicted octanol–water partition coefficient (Wildman–Crippen LogP) is 2.00. The van der Waals surface area contributed by atoms with Gasteiger partial charge in [-0.1, -0.05) is 19.1 Å². The second-order valence-electron chi connectivity index (χ2n) is 3.23. The zero-order valence-electron chi connectivity index (χ0n) is 8.77. The minimum absolute atomic E-state index is 0.0256. The van der Waals surface area contributed by atoms with Gasteiger partial charge in [0.25, 0.3) is 0 Å². The van der Waals surface area contributed by atoms with E-state index in [0.717, 1.165) is 4.31 Å². The molecule has 0 aliphatic carbocycles. The summed E-state index contributed by atoms with van der Waals surface area (Å²) in [5.74, 6) is -0.502. The molecule has 0 heterocycles. The molecule has 0 aliphatic heterocycles. The molecule has 0 saturated carbocycles. The highest BCUT2D eigenvalue weighted by Gasteiger charge is 2.19. The van der Waals surface area contributed by atoms with Crippen LogP contribution >= 0.6 is 0 Å². The van der Waals surface area contributed by atoms with Gasteiger partial charge in [0.1, 0.15) is 5.82 Å². The highest BCUT2D eigenvalue weighted by molar-refractivity contribution is 7.92. The summed E-state index contributed by atoms with van der Waals surface area (Å²) in [4.78, 5) is 0. The average Bonchev–Trinajstić information content (AvgIpc) is 2.17. The van der Waals surface area contributed by atoms with Crippen LogP contribution < -0.4 is 4.31 Å².